The average Bonchev–Trinajstić information content (AvgIpc) is 2.34. The van der Waals surface area contributed by atoms with Gasteiger partial charge in [-0.3, -0.25) is 4.98 Å². The zero-order valence-corrected chi connectivity index (χ0v) is 12.2. The van der Waals surface area contributed by atoms with E-state index in [-0.39, 0.29) is 0 Å². The molecule has 3 N–H and O–H groups in total. The van der Waals surface area contributed by atoms with Crippen molar-refractivity contribution in [2.24, 2.45) is 11.7 Å². The zero-order chi connectivity index (χ0) is 12.1. The van der Waals surface area contributed by atoms with Crippen LogP contribution in [0.4, 0.5) is 0 Å². The molecule has 0 amide bonds. The van der Waals surface area contributed by atoms with Crippen molar-refractivity contribution >= 4 is 22.6 Å². The summed E-state index contributed by atoms with van der Waals surface area (Å²) in [7, 11) is 0. The van der Waals surface area contributed by atoms with Crippen molar-refractivity contribution in [2.75, 3.05) is 6.54 Å². The van der Waals surface area contributed by atoms with E-state index in [1.165, 1.54) is 29.3 Å². The fraction of sp³-hybridized carbons (Fsp3) is 0.615. The number of hydrogen-bond donors (Lipinski definition) is 2. The van der Waals surface area contributed by atoms with Crippen molar-refractivity contribution in [3.63, 3.8) is 0 Å². The first-order valence-electron chi connectivity index (χ1n) is 6.31. The Labute approximate surface area is 117 Å². The predicted octanol–water partition coefficient (Wildman–Crippen LogP) is 2.29. The van der Waals surface area contributed by atoms with Crippen LogP contribution in [0.1, 0.15) is 31.4 Å². The summed E-state index contributed by atoms with van der Waals surface area (Å²) in [5, 5.41) is 3.50. The molecule has 0 unspecified atom stereocenters. The zero-order valence-electron chi connectivity index (χ0n) is 10.0. The standard InChI is InChI=1S/C13H20IN3/c14-11-3-6-13(17-8-11)9-16-7-10-1-4-12(15)5-2-10/h3,6,8,10,12,16H,1-2,4-5,7,9,15H2. The molecule has 0 atom stereocenters. The molecule has 0 aromatic carbocycles. The van der Waals surface area contributed by atoms with Crippen LogP contribution in [0.15, 0.2) is 18.3 Å². The van der Waals surface area contributed by atoms with Gasteiger partial charge in [0, 0.05) is 22.4 Å². The van der Waals surface area contributed by atoms with E-state index in [0.29, 0.717) is 6.04 Å². The molecule has 0 radical (unpaired) electrons. The number of nitrogens with one attached hydrogen (secondary N) is 1. The van der Waals surface area contributed by atoms with Crippen LogP contribution in [0, 0.1) is 9.49 Å². The van der Waals surface area contributed by atoms with Gasteiger partial charge >= 0.3 is 0 Å². The Morgan fingerprint density at radius 3 is 2.71 bits per heavy atom. The Morgan fingerprint density at radius 1 is 1.29 bits per heavy atom. The normalized spacial score (nSPS) is 24.8. The highest BCUT2D eigenvalue weighted by molar-refractivity contribution is 14.1. The third kappa shape index (κ3) is 4.52. The van der Waals surface area contributed by atoms with Gasteiger partial charge in [-0.15, -0.1) is 0 Å². The van der Waals surface area contributed by atoms with Crippen LogP contribution in [0.2, 0.25) is 0 Å². The molecule has 17 heavy (non-hydrogen) atoms. The van der Waals surface area contributed by atoms with E-state index in [1.807, 2.05) is 6.20 Å². The molecule has 1 fully saturated rings. The maximum Gasteiger partial charge on any atom is 0.0542 e. The van der Waals surface area contributed by atoms with Gasteiger partial charge in [-0.2, -0.15) is 0 Å². The molecule has 1 saturated carbocycles. The second-order valence-electron chi connectivity index (χ2n) is 4.88. The molecular formula is C13H20IN3. The average molecular weight is 345 g/mol. The lowest BCUT2D eigenvalue weighted by molar-refractivity contribution is 0.314. The second kappa shape index (κ2) is 6.66. The molecule has 1 aliphatic rings. The Balaban J connectivity index is 1.67. The van der Waals surface area contributed by atoms with E-state index in [1.54, 1.807) is 0 Å². The minimum absolute atomic E-state index is 0.448. The topological polar surface area (TPSA) is 50.9 Å². The van der Waals surface area contributed by atoms with Gasteiger partial charge in [0.2, 0.25) is 0 Å². The van der Waals surface area contributed by atoms with E-state index in [9.17, 15) is 0 Å². The number of pyridine rings is 1. The van der Waals surface area contributed by atoms with E-state index in [4.69, 9.17) is 5.73 Å². The first kappa shape index (κ1) is 13.2. The molecule has 2 rings (SSSR count). The molecule has 0 bridgehead atoms. The highest BCUT2D eigenvalue weighted by atomic mass is 127. The summed E-state index contributed by atoms with van der Waals surface area (Å²) in [6, 6.07) is 4.64. The van der Waals surface area contributed by atoms with Crippen LogP contribution in [0.3, 0.4) is 0 Å². The van der Waals surface area contributed by atoms with E-state index in [2.05, 4.69) is 45.0 Å². The molecule has 3 nitrogen and oxygen atoms in total. The summed E-state index contributed by atoms with van der Waals surface area (Å²) in [5.74, 6) is 0.804. The third-order valence-corrected chi connectivity index (χ3v) is 4.06. The monoisotopic (exact) mass is 345 g/mol. The highest BCUT2D eigenvalue weighted by Crippen LogP contribution is 2.22. The summed E-state index contributed by atoms with van der Waals surface area (Å²) in [5.41, 5.74) is 7.02. The van der Waals surface area contributed by atoms with Gasteiger partial charge < -0.3 is 11.1 Å². The van der Waals surface area contributed by atoms with Gasteiger partial charge in [0.1, 0.15) is 0 Å². The fourth-order valence-electron chi connectivity index (χ4n) is 2.31. The first-order chi connectivity index (χ1) is 8.24. The smallest absolute Gasteiger partial charge is 0.0542 e. The van der Waals surface area contributed by atoms with Crippen LogP contribution in [-0.2, 0) is 6.54 Å². The lowest BCUT2D eigenvalue weighted by atomic mass is 9.86. The number of rotatable bonds is 4. The fourth-order valence-corrected chi connectivity index (χ4v) is 2.63. The molecule has 0 spiro atoms. The summed E-state index contributed by atoms with van der Waals surface area (Å²) in [6.45, 7) is 1.97. The molecule has 0 aliphatic heterocycles. The second-order valence-corrected chi connectivity index (χ2v) is 6.13. The molecule has 1 heterocycles. The summed E-state index contributed by atoms with van der Waals surface area (Å²) >= 11 is 2.28. The third-order valence-electron chi connectivity index (χ3n) is 3.42. The van der Waals surface area contributed by atoms with Crippen LogP contribution in [0.25, 0.3) is 0 Å². The van der Waals surface area contributed by atoms with Crippen molar-refractivity contribution in [3.05, 3.63) is 27.6 Å². The molecule has 1 aromatic heterocycles. The molecule has 94 valence electrons. The van der Waals surface area contributed by atoms with Crippen LogP contribution in [0.5, 0.6) is 0 Å². The Hall–Kier alpha value is -0.200. The number of halogens is 1. The van der Waals surface area contributed by atoms with Gasteiger partial charge in [-0.25, -0.2) is 0 Å². The summed E-state index contributed by atoms with van der Waals surface area (Å²) in [6.07, 6.45) is 6.84. The Bertz CT molecular complexity index is 331. The highest BCUT2D eigenvalue weighted by Gasteiger charge is 2.17. The van der Waals surface area contributed by atoms with Gasteiger partial charge in [-0.1, -0.05) is 0 Å². The summed E-state index contributed by atoms with van der Waals surface area (Å²) < 4.78 is 1.19. The molecule has 4 heteroatoms. The maximum atomic E-state index is 5.90. The van der Waals surface area contributed by atoms with Gasteiger partial charge in [0.25, 0.3) is 0 Å². The Kier molecular flexibility index (Phi) is 5.18. The van der Waals surface area contributed by atoms with Crippen molar-refractivity contribution in [1.29, 1.82) is 0 Å². The Morgan fingerprint density at radius 2 is 2.06 bits per heavy atom. The predicted molar refractivity (Wildman–Crippen MR) is 78.6 cm³/mol. The van der Waals surface area contributed by atoms with Crippen LogP contribution >= 0.6 is 22.6 Å². The van der Waals surface area contributed by atoms with Crippen LogP contribution in [-0.4, -0.2) is 17.6 Å². The van der Waals surface area contributed by atoms with E-state index >= 15 is 0 Å². The maximum absolute atomic E-state index is 5.90. The lowest BCUT2D eigenvalue weighted by Crippen LogP contribution is -2.31. The van der Waals surface area contributed by atoms with Gasteiger partial charge in [-0.05, 0) is 72.9 Å². The van der Waals surface area contributed by atoms with E-state index < -0.39 is 0 Å². The molecular weight excluding hydrogens is 325 g/mol. The lowest BCUT2D eigenvalue weighted by Gasteiger charge is -2.26. The SMILES string of the molecule is NC1CCC(CNCc2ccc(I)cn2)CC1. The first-order valence-corrected chi connectivity index (χ1v) is 7.38. The van der Waals surface area contributed by atoms with Crippen LogP contribution < -0.4 is 11.1 Å². The largest absolute Gasteiger partial charge is 0.328 e. The van der Waals surface area contributed by atoms with Crippen molar-refractivity contribution in [3.8, 4) is 0 Å². The minimum Gasteiger partial charge on any atom is -0.328 e. The molecule has 1 aromatic rings. The number of nitrogens with zero attached hydrogens (tertiary/aromatic N) is 1. The van der Waals surface area contributed by atoms with Gasteiger partial charge in [0.05, 0.1) is 5.69 Å². The number of hydrogen-bond acceptors (Lipinski definition) is 3. The van der Waals surface area contributed by atoms with Gasteiger partial charge in [0.15, 0.2) is 0 Å². The quantitative estimate of drug-likeness (QED) is 0.824. The molecule has 0 saturated heterocycles. The van der Waals surface area contributed by atoms with E-state index in [0.717, 1.165) is 24.7 Å². The minimum atomic E-state index is 0.448. The number of nitrogens with two attached hydrogens (primary N) is 1. The summed E-state index contributed by atoms with van der Waals surface area (Å²) in [4.78, 5) is 4.38. The van der Waals surface area contributed by atoms with Crippen molar-refractivity contribution < 1.29 is 0 Å². The van der Waals surface area contributed by atoms with Crippen molar-refractivity contribution in [1.82, 2.24) is 10.3 Å². The molecule has 1 aliphatic carbocycles. The van der Waals surface area contributed by atoms with Crippen molar-refractivity contribution in [2.45, 2.75) is 38.3 Å². The number of aromatic nitrogens is 1.